The minimum absolute atomic E-state index is 0.0683. The average Bonchev–Trinajstić information content (AvgIpc) is 3.41. The van der Waals surface area contributed by atoms with Crippen molar-refractivity contribution >= 4 is 40.4 Å². The smallest absolute Gasteiger partial charge is 0.278 e. The summed E-state index contributed by atoms with van der Waals surface area (Å²) in [7, 11) is 0. The Hall–Kier alpha value is -3.05. The number of hydrogen-bond acceptors (Lipinski definition) is 6. The van der Waals surface area contributed by atoms with Crippen LogP contribution in [0.5, 0.6) is 0 Å². The van der Waals surface area contributed by atoms with E-state index in [9.17, 15) is 22.8 Å². The van der Waals surface area contributed by atoms with Gasteiger partial charge >= 0.3 is 0 Å². The standard InChI is InChI=1S/C24H23ClF3N5O2S/c1-23(16-10-29-13-30-11-16,22(35)32-17-6-8-24(27,28)9-7-17)33(21(34)20(25)26)18-4-2-15(3-5-18)19-12-31-14-36-19/h2-5,10-14,17,20H,6-9H2,1H3,(H,32,35)/t20-,23+/m0/s1. The van der Waals surface area contributed by atoms with Crippen LogP contribution in [0.1, 0.15) is 38.2 Å². The average molecular weight is 538 g/mol. The normalized spacial score (nSPS) is 18.1. The molecular weight excluding hydrogens is 515 g/mol. The van der Waals surface area contributed by atoms with Gasteiger partial charge in [-0.3, -0.25) is 19.5 Å². The second-order valence-electron chi connectivity index (χ2n) is 8.69. The van der Waals surface area contributed by atoms with Crippen molar-refractivity contribution in [3.8, 4) is 10.4 Å². The molecule has 2 aromatic heterocycles. The van der Waals surface area contributed by atoms with E-state index in [-0.39, 0.29) is 36.9 Å². The number of thiazole rings is 1. The van der Waals surface area contributed by atoms with Crippen molar-refractivity contribution < 1.29 is 22.8 Å². The van der Waals surface area contributed by atoms with Crippen LogP contribution in [0, 0.1) is 0 Å². The number of aromatic nitrogens is 3. The molecule has 190 valence electrons. The molecule has 1 aromatic carbocycles. The van der Waals surface area contributed by atoms with Crippen LogP contribution in [0.4, 0.5) is 18.9 Å². The Morgan fingerprint density at radius 2 is 1.78 bits per heavy atom. The lowest BCUT2D eigenvalue weighted by Gasteiger charge is -2.41. The summed E-state index contributed by atoms with van der Waals surface area (Å²) in [6.45, 7) is 1.42. The van der Waals surface area contributed by atoms with Gasteiger partial charge in [0.2, 0.25) is 5.92 Å². The number of anilines is 1. The number of nitrogens with one attached hydrogen (secondary N) is 1. The summed E-state index contributed by atoms with van der Waals surface area (Å²) in [6, 6.07) is 6.04. The lowest BCUT2D eigenvalue weighted by atomic mass is 9.87. The van der Waals surface area contributed by atoms with E-state index in [1.807, 2.05) is 0 Å². The first-order chi connectivity index (χ1) is 17.1. The minimum atomic E-state index is -2.78. The van der Waals surface area contributed by atoms with E-state index < -0.39 is 34.9 Å². The summed E-state index contributed by atoms with van der Waals surface area (Å²) < 4.78 is 41.6. The van der Waals surface area contributed by atoms with Crippen LogP contribution in [-0.4, -0.2) is 44.4 Å². The lowest BCUT2D eigenvalue weighted by molar-refractivity contribution is -0.132. The van der Waals surface area contributed by atoms with Crippen molar-refractivity contribution in [1.29, 1.82) is 0 Å². The van der Waals surface area contributed by atoms with Gasteiger partial charge in [-0.1, -0.05) is 23.7 Å². The zero-order valence-corrected chi connectivity index (χ0v) is 20.8. The summed E-state index contributed by atoms with van der Waals surface area (Å²) in [4.78, 5) is 40.7. The molecule has 0 radical (unpaired) electrons. The number of hydrogen-bond donors (Lipinski definition) is 1. The van der Waals surface area contributed by atoms with Gasteiger partial charge in [-0.15, -0.1) is 11.3 Å². The van der Waals surface area contributed by atoms with Gasteiger partial charge in [0.1, 0.15) is 6.33 Å². The number of halogens is 4. The molecule has 0 saturated heterocycles. The van der Waals surface area contributed by atoms with Crippen molar-refractivity contribution in [1.82, 2.24) is 20.3 Å². The molecular formula is C24H23ClF3N5O2S. The highest BCUT2D eigenvalue weighted by Gasteiger charge is 2.48. The number of benzene rings is 1. The maximum absolute atomic E-state index is 14.3. The van der Waals surface area contributed by atoms with Crippen LogP contribution in [0.3, 0.4) is 0 Å². The first-order valence-corrected chi connectivity index (χ1v) is 12.5. The summed E-state index contributed by atoms with van der Waals surface area (Å²) in [5.41, 5.74) is -1.40. The Labute approximate surface area is 214 Å². The molecule has 3 aromatic rings. The number of rotatable bonds is 7. The van der Waals surface area contributed by atoms with Crippen LogP contribution < -0.4 is 10.2 Å². The third kappa shape index (κ3) is 5.36. The molecule has 36 heavy (non-hydrogen) atoms. The Morgan fingerprint density at radius 1 is 1.14 bits per heavy atom. The van der Waals surface area contributed by atoms with E-state index in [1.165, 1.54) is 37.0 Å². The van der Waals surface area contributed by atoms with Crippen molar-refractivity contribution in [2.45, 2.75) is 55.7 Å². The molecule has 2 heterocycles. The Morgan fingerprint density at radius 3 is 2.33 bits per heavy atom. The topological polar surface area (TPSA) is 88.1 Å². The number of nitrogens with zero attached hydrogens (tertiary/aromatic N) is 4. The third-order valence-corrected chi connectivity index (χ3v) is 7.32. The molecule has 12 heteroatoms. The molecule has 0 aliphatic heterocycles. The highest BCUT2D eigenvalue weighted by Crippen LogP contribution is 2.38. The molecule has 1 N–H and O–H groups in total. The molecule has 2 atom stereocenters. The lowest BCUT2D eigenvalue weighted by Crippen LogP contribution is -2.60. The van der Waals surface area contributed by atoms with E-state index in [1.54, 1.807) is 36.0 Å². The van der Waals surface area contributed by atoms with Crippen molar-refractivity contribution in [2.75, 3.05) is 4.90 Å². The Kier molecular flexibility index (Phi) is 7.60. The quantitative estimate of drug-likeness (QED) is 0.425. The SMILES string of the molecule is C[C@](C(=O)NC1CCC(F)(F)CC1)(c1cncnc1)N(C(=O)[C@H](F)Cl)c1ccc(-c2cncs2)cc1. The van der Waals surface area contributed by atoms with Crippen LogP contribution in [0.25, 0.3) is 10.4 Å². The summed E-state index contributed by atoms with van der Waals surface area (Å²) in [5, 5.41) is 2.78. The summed E-state index contributed by atoms with van der Waals surface area (Å²) in [6.07, 6.45) is 5.03. The number of alkyl halides is 4. The molecule has 7 nitrogen and oxygen atoms in total. The molecule has 0 bridgehead atoms. The van der Waals surface area contributed by atoms with Crippen LogP contribution in [0.2, 0.25) is 0 Å². The molecule has 0 unspecified atom stereocenters. The predicted octanol–water partition coefficient (Wildman–Crippen LogP) is 5.08. The second-order valence-corrected chi connectivity index (χ2v) is 9.96. The van der Waals surface area contributed by atoms with E-state index in [0.717, 1.165) is 15.3 Å². The van der Waals surface area contributed by atoms with Crippen LogP contribution in [-0.2, 0) is 15.1 Å². The van der Waals surface area contributed by atoms with Crippen LogP contribution >= 0.6 is 22.9 Å². The van der Waals surface area contributed by atoms with Crippen LogP contribution in [0.15, 0.2) is 54.7 Å². The van der Waals surface area contributed by atoms with Crippen molar-refractivity contribution in [3.63, 3.8) is 0 Å². The monoisotopic (exact) mass is 537 g/mol. The van der Waals surface area contributed by atoms with E-state index >= 15 is 0 Å². The number of carbonyl (C=O) groups is 2. The molecule has 1 aliphatic carbocycles. The molecule has 1 fully saturated rings. The molecule has 2 amide bonds. The number of carbonyl (C=O) groups excluding carboxylic acids is 2. The highest BCUT2D eigenvalue weighted by atomic mass is 35.5. The first-order valence-electron chi connectivity index (χ1n) is 11.2. The van der Waals surface area contributed by atoms with Crippen molar-refractivity contribution in [2.24, 2.45) is 0 Å². The van der Waals surface area contributed by atoms with Gasteiger partial charge in [0.05, 0.1) is 10.4 Å². The minimum Gasteiger partial charge on any atom is -0.351 e. The molecule has 0 spiro atoms. The van der Waals surface area contributed by atoms with Gasteiger partial charge in [-0.25, -0.2) is 23.1 Å². The van der Waals surface area contributed by atoms with Gasteiger partial charge in [-0.05, 0) is 37.5 Å². The molecule has 1 saturated carbocycles. The predicted molar refractivity (Wildman–Crippen MR) is 131 cm³/mol. The molecule has 1 aliphatic rings. The van der Waals surface area contributed by atoms with E-state index in [4.69, 9.17) is 11.6 Å². The van der Waals surface area contributed by atoms with Gasteiger partial charge in [0.15, 0.2) is 5.54 Å². The Balaban J connectivity index is 1.75. The maximum atomic E-state index is 14.3. The Bertz CT molecular complexity index is 1190. The van der Waals surface area contributed by atoms with Gasteiger partial charge < -0.3 is 5.32 Å². The third-order valence-electron chi connectivity index (χ3n) is 6.31. The fourth-order valence-electron chi connectivity index (χ4n) is 4.26. The fourth-order valence-corrected chi connectivity index (χ4v) is 4.99. The zero-order valence-electron chi connectivity index (χ0n) is 19.2. The summed E-state index contributed by atoms with van der Waals surface area (Å²) in [5.74, 6) is -4.64. The van der Waals surface area contributed by atoms with Gasteiger partial charge in [0.25, 0.3) is 17.4 Å². The van der Waals surface area contributed by atoms with Gasteiger partial charge in [-0.2, -0.15) is 0 Å². The second kappa shape index (κ2) is 10.5. The van der Waals surface area contributed by atoms with E-state index in [2.05, 4.69) is 20.3 Å². The summed E-state index contributed by atoms with van der Waals surface area (Å²) >= 11 is 7.02. The van der Waals surface area contributed by atoms with Crippen molar-refractivity contribution in [3.05, 3.63) is 60.3 Å². The maximum Gasteiger partial charge on any atom is 0.278 e. The molecule has 4 rings (SSSR count). The van der Waals surface area contributed by atoms with Gasteiger partial charge in [0, 0.05) is 48.7 Å². The fraction of sp³-hybridized carbons (Fsp3) is 0.375. The number of amides is 2. The highest BCUT2D eigenvalue weighted by molar-refractivity contribution is 7.13. The first kappa shape index (κ1) is 26.0. The van der Waals surface area contributed by atoms with E-state index in [0.29, 0.717) is 0 Å². The largest absolute Gasteiger partial charge is 0.351 e. The zero-order chi connectivity index (χ0) is 25.9.